The van der Waals surface area contributed by atoms with Crippen molar-refractivity contribution in [2.45, 2.75) is 71.6 Å². The molecule has 1 aromatic carbocycles. The molecular weight excluding hydrogens is 367 g/mol. The third-order valence-electron chi connectivity index (χ3n) is 6.36. The van der Waals surface area contributed by atoms with E-state index in [1.165, 1.54) is 24.6 Å². The number of carbonyl (C=O) groups excluding carboxylic acids is 1. The summed E-state index contributed by atoms with van der Waals surface area (Å²) in [6, 6.07) is 5.83. The second-order valence-electron chi connectivity index (χ2n) is 8.17. The topological polar surface area (TPSA) is 38.3 Å². The number of carbonyl (C=O) groups is 1. The van der Waals surface area contributed by atoms with Gasteiger partial charge in [-0.25, -0.2) is 0 Å². The number of ether oxygens (including phenoxy) is 1. The van der Waals surface area contributed by atoms with Crippen LogP contribution < -0.4 is 10.1 Å². The number of nitrogens with one attached hydrogen (secondary N) is 1. The highest BCUT2D eigenvalue weighted by Crippen LogP contribution is 2.44. The van der Waals surface area contributed by atoms with Crippen LogP contribution in [-0.4, -0.2) is 12.3 Å². The highest BCUT2D eigenvalue weighted by Gasteiger charge is 2.41. The minimum atomic E-state index is -4.74. The van der Waals surface area contributed by atoms with Gasteiger partial charge in [0.1, 0.15) is 5.75 Å². The van der Waals surface area contributed by atoms with Gasteiger partial charge in [-0.05, 0) is 62.7 Å². The quantitative estimate of drug-likeness (QED) is 0.661. The van der Waals surface area contributed by atoms with Crippen LogP contribution in [0.25, 0.3) is 5.70 Å². The summed E-state index contributed by atoms with van der Waals surface area (Å²) in [6.45, 7) is 4.15. The monoisotopic (exact) mass is 395 g/mol. The van der Waals surface area contributed by atoms with E-state index in [1.54, 1.807) is 6.07 Å². The van der Waals surface area contributed by atoms with Crippen LogP contribution in [0.5, 0.6) is 5.75 Å². The van der Waals surface area contributed by atoms with Crippen molar-refractivity contribution in [1.82, 2.24) is 5.32 Å². The van der Waals surface area contributed by atoms with Crippen LogP contribution in [0.4, 0.5) is 13.2 Å². The van der Waals surface area contributed by atoms with Crippen LogP contribution >= 0.6 is 0 Å². The summed E-state index contributed by atoms with van der Waals surface area (Å²) < 4.78 is 41.7. The lowest BCUT2D eigenvalue weighted by atomic mass is 9.75. The normalized spacial score (nSPS) is 26.6. The highest BCUT2D eigenvalue weighted by atomic mass is 19.4. The van der Waals surface area contributed by atoms with Gasteiger partial charge in [0.25, 0.3) is 0 Å². The average molecular weight is 395 g/mol. The summed E-state index contributed by atoms with van der Waals surface area (Å²) in [7, 11) is 0. The van der Waals surface area contributed by atoms with Crippen molar-refractivity contribution in [2.24, 2.45) is 11.3 Å². The van der Waals surface area contributed by atoms with Crippen LogP contribution in [0.1, 0.15) is 70.8 Å². The van der Waals surface area contributed by atoms with Crippen molar-refractivity contribution in [1.29, 1.82) is 0 Å². The molecule has 1 amide bonds. The summed E-state index contributed by atoms with van der Waals surface area (Å²) in [5, 5.41) is 3.06. The number of hydrogen-bond donors (Lipinski definition) is 1. The lowest BCUT2D eigenvalue weighted by Gasteiger charge is -2.30. The fourth-order valence-electron chi connectivity index (χ4n) is 4.55. The van der Waals surface area contributed by atoms with Crippen LogP contribution in [0.15, 0.2) is 29.8 Å². The summed E-state index contributed by atoms with van der Waals surface area (Å²) in [6.07, 6.45) is 3.01. The van der Waals surface area contributed by atoms with E-state index >= 15 is 0 Å². The first kappa shape index (κ1) is 20.7. The van der Waals surface area contributed by atoms with Gasteiger partial charge in [0.2, 0.25) is 5.91 Å². The second kappa shape index (κ2) is 8.18. The molecule has 1 aromatic rings. The Morgan fingerprint density at radius 1 is 1.21 bits per heavy atom. The maximum Gasteiger partial charge on any atom is 0.573 e. The number of amides is 1. The highest BCUT2D eigenvalue weighted by molar-refractivity contribution is 5.92. The Kier molecular flexibility index (Phi) is 6.06. The molecule has 2 aliphatic rings. The molecule has 0 radical (unpaired) electrons. The van der Waals surface area contributed by atoms with Crippen LogP contribution in [0.2, 0.25) is 0 Å². The smallest absolute Gasteiger partial charge is 0.406 e. The molecule has 3 nitrogen and oxygen atoms in total. The molecule has 1 N–H and O–H groups in total. The molecule has 154 valence electrons. The van der Waals surface area contributed by atoms with Gasteiger partial charge in [-0.15, -0.1) is 13.2 Å². The molecule has 1 spiro atoms. The standard InChI is InChI=1S/C22H28F3NO2/c1-3-16-6-5-11-21(13-10-16)12-9-15(2)19(26-20(21)27)17-7-4-8-18(14-17)28-22(23,24)25/h4,7-8,14,16H,3,5-6,9-13H2,1-2H3,(H,26,27). The Hall–Kier alpha value is -1.98. The van der Waals surface area contributed by atoms with E-state index in [4.69, 9.17) is 0 Å². The summed E-state index contributed by atoms with van der Waals surface area (Å²) in [5.41, 5.74) is 1.79. The largest absolute Gasteiger partial charge is 0.573 e. The Morgan fingerprint density at radius 2 is 2.00 bits per heavy atom. The molecule has 3 rings (SSSR count). The Bertz CT molecular complexity index is 756. The minimum Gasteiger partial charge on any atom is -0.406 e. The second-order valence-corrected chi connectivity index (χ2v) is 8.17. The zero-order valence-electron chi connectivity index (χ0n) is 16.5. The fourth-order valence-corrected chi connectivity index (χ4v) is 4.55. The molecule has 1 aliphatic carbocycles. The van der Waals surface area contributed by atoms with E-state index in [-0.39, 0.29) is 17.1 Å². The van der Waals surface area contributed by atoms with Gasteiger partial charge in [0.15, 0.2) is 0 Å². The number of halogens is 3. The minimum absolute atomic E-state index is 0.0123. The van der Waals surface area contributed by atoms with Crippen LogP contribution in [-0.2, 0) is 4.79 Å². The van der Waals surface area contributed by atoms with E-state index in [9.17, 15) is 18.0 Å². The molecule has 2 unspecified atom stereocenters. The van der Waals surface area contributed by atoms with Crippen molar-refractivity contribution >= 4 is 11.6 Å². The zero-order valence-corrected chi connectivity index (χ0v) is 16.5. The Labute approximate surface area is 164 Å². The molecule has 0 bridgehead atoms. The number of rotatable bonds is 3. The molecular formula is C22H28F3NO2. The molecule has 1 fully saturated rings. The van der Waals surface area contributed by atoms with E-state index in [2.05, 4.69) is 17.0 Å². The van der Waals surface area contributed by atoms with E-state index in [0.717, 1.165) is 50.5 Å². The van der Waals surface area contributed by atoms with Gasteiger partial charge in [-0.3, -0.25) is 4.79 Å². The van der Waals surface area contributed by atoms with E-state index in [0.29, 0.717) is 17.2 Å². The molecule has 1 heterocycles. The van der Waals surface area contributed by atoms with Crippen molar-refractivity contribution in [3.05, 3.63) is 35.4 Å². The molecule has 0 saturated heterocycles. The number of benzene rings is 1. The van der Waals surface area contributed by atoms with Gasteiger partial charge in [0.05, 0.1) is 0 Å². The zero-order chi connectivity index (χ0) is 20.4. The summed E-state index contributed by atoms with van der Waals surface area (Å²) >= 11 is 0. The number of hydrogen-bond acceptors (Lipinski definition) is 2. The SMILES string of the molecule is CCC1CCCC2(CCC(C)=C(c3cccc(OC(F)(F)F)c3)NC2=O)CC1. The van der Waals surface area contributed by atoms with E-state index < -0.39 is 6.36 Å². The van der Waals surface area contributed by atoms with E-state index in [1.807, 2.05) is 6.92 Å². The Morgan fingerprint density at radius 3 is 2.71 bits per heavy atom. The number of alkyl halides is 3. The fraction of sp³-hybridized carbons (Fsp3) is 0.591. The van der Waals surface area contributed by atoms with Crippen molar-refractivity contribution in [2.75, 3.05) is 0 Å². The lowest BCUT2D eigenvalue weighted by Crippen LogP contribution is -2.38. The third kappa shape index (κ3) is 4.70. The lowest BCUT2D eigenvalue weighted by molar-refractivity contribution is -0.274. The van der Waals surface area contributed by atoms with Crippen LogP contribution in [0.3, 0.4) is 0 Å². The van der Waals surface area contributed by atoms with Gasteiger partial charge in [0, 0.05) is 16.7 Å². The van der Waals surface area contributed by atoms with Gasteiger partial charge in [-0.2, -0.15) is 0 Å². The first-order valence-electron chi connectivity index (χ1n) is 10.1. The predicted octanol–water partition coefficient (Wildman–Crippen LogP) is 6.20. The van der Waals surface area contributed by atoms with Crippen molar-refractivity contribution < 1.29 is 22.7 Å². The number of allylic oxidation sites excluding steroid dienone is 1. The third-order valence-corrected chi connectivity index (χ3v) is 6.36. The van der Waals surface area contributed by atoms with Crippen LogP contribution in [0, 0.1) is 11.3 Å². The van der Waals surface area contributed by atoms with Crippen molar-refractivity contribution in [3.63, 3.8) is 0 Å². The summed E-state index contributed by atoms with van der Waals surface area (Å²) in [5.74, 6) is 0.414. The molecule has 0 aromatic heterocycles. The first-order valence-corrected chi connectivity index (χ1v) is 10.1. The molecule has 2 atom stereocenters. The Balaban J connectivity index is 1.83. The maximum absolute atomic E-state index is 13.2. The van der Waals surface area contributed by atoms with Gasteiger partial charge in [-0.1, -0.05) is 38.3 Å². The van der Waals surface area contributed by atoms with Crippen molar-refractivity contribution in [3.8, 4) is 5.75 Å². The predicted molar refractivity (Wildman–Crippen MR) is 102 cm³/mol. The molecule has 28 heavy (non-hydrogen) atoms. The van der Waals surface area contributed by atoms with Gasteiger partial charge < -0.3 is 10.1 Å². The average Bonchev–Trinajstić information content (AvgIpc) is 2.92. The first-order chi connectivity index (χ1) is 13.2. The maximum atomic E-state index is 13.2. The molecule has 6 heteroatoms. The summed E-state index contributed by atoms with van der Waals surface area (Å²) in [4.78, 5) is 13.2. The molecule has 1 saturated carbocycles. The van der Waals surface area contributed by atoms with Gasteiger partial charge >= 0.3 is 6.36 Å². The molecule has 1 aliphatic heterocycles.